The summed E-state index contributed by atoms with van der Waals surface area (Å²) >= 11 is 0. The van der Waals surface area contributed by atoms with Gasteiger partial charge in [-0.05, 0) is 12.7 Å². The first kappa shape index (κ1) is 8.11. The molecule has 0 saturated heterocycles. The topological polar surface area (TPSA) is 46.0 Å². The normalized spacial score (nSPS) is 8.12. The van der Waals surface area contributed by atoms with Crippen LogP contribution in [-0.4, -0.2) is 5.16 Å². The van der Waals surface area contributed by atoms with Crippen molar-refractivity contribution in [2.24, 2.45) is 0 Å². The van der Waals surface area contributed by atoms with Crippen LogP contribution in [0.4, 0.5) is 0 Å². The summed E-state index contributed by atoms with van der Waals surface area (Å²) in [6, 6.07) is 2.36. The molecule has 0 aliphatic heterocycles. The van der Waals surface area contributed by atoms with Crippen LogP contribution < -0.4 is 5.56 Å². The third-order valence-corrected chi connectivity index (χ3v) is 0.586. The van der Waals surface area contributed by atoms with Crippen LogP contribution in [0.3, 0.4) is 0 Å². The summed E-state index contributed by atoms with van der Waals surface area (Å²) < 4.78 is 4.47. The predicted molar refractivity (Wildman–Crippen MR) is 22.9 cm³/mol. The third kappa shape index (κ3) is 1.92. The average Bonchev–Trinajstić information content (AvgIpc) is 1.87. The molecule has 1 aromatic rings. The Morgan fingerprint density at radius 2 is 2.38 bits per heavy atom. The standard InChI is InChI=1S/C4H4NO2.Y/c1-3-2-4(6)5-7-3;/h1H3,(H,5,6);/q-1;. The molecular weight excluding hydrogens is 183 g/mol. The van der Waals surface area contributed by atoms with Gasteiger partial charge in [-0.3, -0.25) is 0 Å². The van der Waals surface area contributed by atoms with Crippen LogP contribution in [0.15, 0.2) is 9.32 Å². The van der Waals surface area contributed by atoms with Gasteiger partial charge < -0.3 is 15.4 Å². The molecule has 0 aliphatic carbocycles. The van der Waals surface area contributed by atoms with Crippen molar-refractivity contribution in [3.8, 4) is 0 Å². The Kier molecular flexibility index (Phi) is 3.25. The van der Waals surface area contributed by atoms with E-state index in [1.54, 1.807) is 6.92 Å². The van der Waals surface area contributed by atoms with Crippen molar-refractivity contribution in [3.05, 3.63) is 22.2 Å². The van der Waals surface area contributed by atoms with Crippen LogP contribution in [0.1, 0.15) is 5.76 Å². The molecule has 41 valence electrons. The molecule has 4 heteroatoms. The first-order valence-electron chi connectivity index (χ1n) is 1.86. The first-order chi connectivity index (χ1) is 3.29. The van der Waals surface area contributed by atoms with E-state index in [4.69, 9.17) is 0 Å². The Morgan fingerprint density at radius 3 is 2.50 bits per heavy atom. The van der Waals surface area contributed by atoms with Crippen molar-refractivity contribution < 1.29 is 37.2 Å². The number of H-pyrrole nitrogens is 1. The van der Waals surface area contributed by atoms with Crippen LogP contribution in [0.5, 0.6) is 0 Å². The summed E-state index contributed by atoms with van der Waals surface area (Å²) in [5.41, 5.74) is -0.308. The van der Waals surface area contributed by atoms with Gasteiger partial charge in [0.05, 0.1) is 0 Å². The van der Waals surface area contributed by atoms with Crippen LogP contribution >= 0.6 is 0 Å². The molecule has 0 saturated carbocycles. The maximum atomic E-state index is 10.1. The van der Waals surface area contributed by atoms with Crippen molar-refractivity contribution in [2.75, 3.05) is 0 Å². The quantitative estimate of drug-likeness (QED) is 0.584. The van der Waals surface area contributed by atoms with Crippen molar-refractivity contribution in [3.63, 3.8) is 0 Å². The summed E-state index contributed by atoms with van der Waals surface area (Å²) in [5.74, 6) is 0.491. The number of aromatic nitrogens is 1. The Morgan fingerprint density at radius 1 is 1.75 bits per heavy atom. The number of nitrogens with one attached hydrogen (secondary N) is 1. The molecule has 1 radical (unpaired) electrons. The third-order valence-electron chi connectivity index (χ3n) is 0.586. The van der Waals surface area contributed by atoms with E-state index in [1.165, 1.54) is 0 Å². The van der Waals surface area contributed by atoms with Gasteiger partial charge in [-0.2, -0.15) is 0 Å². The maximum absolute atomic E-state index is 10.1. The molecule has 0 amide bonds. The molecule has 1 N–H and O–H groups in total. The summed E-state index contributed by atoms with van der Waals surface area (Å²) in [6.45, 7) is 1.65. The van der Waals surface area contributed by atoms with E-state index in [2.05, 4.69) is 15.7 Å². The fraction of sp³-hybridized carbons (Fsp3) is 0.250. The number of aryl methyl sites for hydroxylation is 1. The van der Waals surface area contributed by atoms with Crippen molar-refractivity contribution in [1.29, 1.82) is 0 Å². The van der Waals surface area contributed by atoms with E-state index in [0.717, 1.165) is 0 Å². The monoisotopic (exact) mass is 187 g/mol. The number of rotatable bonds is 0. The van der Waals surface area contributed by atoms with Gasteiger partial charge in [0.25, 0.3) is 0 Å². The number of hydrogen-bond donors (Lipinski definition) is 1. The smallest absolute Gasteiger partial charge is 0.102 e. The minimum atomic E-state index is -0.308. The van der Waals surface area contributed by atoms with Gasteiger partial charge in [0.1, 0.15) is 5.56 Å². The SMILES string of the molecule is Cc1[c-]c(=O)[nH]o1.[Y]. The van der Waals surface area contributed by atoms with Crippen LogP contribution in [0.25, 0.3) is 0 Å². The zero-order valence-corrected chi connectivity index (χ0v) is 7.23. The second-order valence-corrected chi connectivity index (χ2v) is 1.21. The van der Waals surface area contributed by atoms with Gasteiger partial charge in [0.15, 0.2) is 0 Å². The molecule has 3 nitrogen and oxygen atoms in total. The van der Waals surface area contributed by atoms with E-state index in [9.17, 15) is 4.79 Å². The Hall–Kier alpha value is 0.114. The fourth-order valence-electron chi connectivity index (χ4n) is 0.334. The van der Waals surface area contributed by atoms with E-state index in [0.29, 0.717) is 5.76 Å². The molecule has 1 heterocycles. The minimum absolute atomic E-state index is 0. The molecule has 0 bridgehead atoms. The molecule has 0 spiro atoms. The zero-order chi connectivity index (χ0) is 5.28. The predicted octanol–water partition coefficient (Wildman–Crippen LogP) is 0.0740. The summed E-state index contributed by atoms with van der Waals surface area (Å²) in [5, 5.41) is 2.08. The summed E-state index contributed by atoms with van der Waals surface area (Å²) in [7, 11) is 0. The molecule has 0 atom stereocenters. The second-order valence-electron chi connectivity index (χ2n) is 1.21. The van der Waals surface area contributed by atoms with Crippen molar-refractivity contribution >= 4 is 0 Å². The molecule has 8 heavy (non-hydrogen) atoms. The zero-order valence-electron chi connectivity index (χ0n) is 4.39. The van der Waals surface area contributed by atoms with Crippen LogP contribution in [0.2, 0.25) is 0 Å². The van der Waals surface area contributed by atoms with Gasteiger partial charge >= 0.3 is 0 Å². The summed E-state index contributed by atoms with van der Waals surface area (Å²) in [6.07, 6.45) is 0. The molecule has 0 aromatic carbocycles. The molecule has 0 aliphatic rings. The first-order valence-corrected chi connectivity index (χ1v) is 1.86. The van der Waals surface area contributed by atoms with Gasteiger partial charge in [-0.1, -0.05) is 0 Å². The number of aromatic amines is 1. The van der Waals surface area contributed by atoms with Gasteiger partial charge in [0.2, 0.25) is 0 Å². The van der Waals surface area contributed by atoms with Crippen LogP contribution in [-0.2, 0) is 32.7 Å². The molecule has 1 aromatic heterocycles. The number of hydrogen-bond acceptors (Lipinski definition) is 2. The second kappa shape index (κ2) is 3.20. The molecule has 0 fully saturated rings. The Labute approximate surface area is 71.3 Å². The molecular formula is C4H4NO2Y-. The van der Waals surface area contributed by atoms with Crippen LogP contribution in [0, 0.1) is 13.0 Å². The maximum Gasteiger partial charge on any atom is 0.102 e. The van der Waals surface area contributed by atoms with E-state index >= 15 is 0 Å². The fourth-order valence-corrected chi connectivity index (χ4v) is 0.334. The Balaban J connectivity index is 0.000000490. The minimum Gasteiger partial charge on any atom is -0.424 e. The van der Waals surface area contributed by atoms with E-state index in [1.807, 2.05) is 0 Å². The van der Waals surface area contributed by atoms with Gasteiger partial charge in [0, 0.05) is 32.7 Å². The van der Waals surface area contributed by atoms with Crippen molar-refractivity contribution in [2.45, 2.75) is 6.92 Å². The Bertz CT molecular complexity index is 202. The average molecular weight is 187 g/mol. The summed E-state index contributed by atoms with van der Waals surface area (Å²) in [4.78, 5) is 10.1. The van der Waals surface area contributed by atoms with Gasteiger partial charge in [-0.25, -0.2) is 5.16 Å². The van der Waals surface area contributed by atoms with E-state index in [-0.39, 0.29) is 38.3 Å². The largest absolute Gasteiger partial charge is 0.424 e. The van der Waals surface area contributed by atoms with Crippen molar-refractivity contribution in [1.82, 2.24) is 5.16 Å². The van der Waals surface area contributed by atoms with Gasteiger partial charge in [-0.15, -0.1) is 0 Å². The molecule has 1 rings (SSSR count). The molecule has 0 unspecified atom stereocenters. The van der Waals surface area contributed by atoms with E-state index < -0.39 is 0 Å².